The Kier molecular flexibility index (Phi) is 3.56. The first kappa shape index (κ1) is 11.1. The third kappa shape index (κ3) is 2.41. The highest BCUT2D eigenvalue weighted by molar-refractivity contribution is 7.09. The molecule has 2 aromatic heterocycles. The van der Waals surface area contributed by atoms with Crippen molar-refractivity contribution < 1.29 is 0 Å². The van der Waals surface area contributed by atoms with E-state index in [1.54, 1.807) is 11.3 Å². The lowest BCUT2D eigenvalue weighted by Crippen LogP contribution is -2.10. The Morgan fingerprint density at radius 1 is 1.56 bits per heavy atom. The number of nitrogens with zero attached hydrogens (tertiary/aromatic N) is 3. The van der Waals surface area contributed by atoms with Gasteiger partial charge in [0.25, 0.3) is 0 Å². The standard InChI is InChI=1S/C11H16N4S/c1-3-6-15-11(4-5-13-15)14-9(2)10-7-12-8-16-10/h4-5,7-9,14H,3,6H2,1-2H3. The van der Waals surface area contributed by atoms with Crippen molar-refractivity contribution in [1.29, 1.82) is 0 Å². The van der Waals surface area contributed by atoms with Crippen molar-refractivity contribution >= 4 is 17.2 Å². The third-order valence-corrected chi connectivity index (χ3v) is 3.35. The molecule has 16 heavy (non-hydrogen) atoms. The Morgan fingerprint density at radius 2 is 2.44 bits per heavy atom. The zero-order valence-electron chi connectivity index (χ0n) is 9.55. The molecule has 2 aromatic rings. The number of rotatable bonds is 5. The first-order valence-corrected chi connectivity index (χ1v) is 6.36. The maximum absolute atomic E-state index is 4.28. The normalized spacial score (nSPS) is 12.6. The van der Waals surface area contributed by atoms with E-state index in [0.717, 1.165) is 18.8 Å². The van der Waals surface area contributed by atoms with Crippen LogP contribution >= 0.6 is 11.3 Å². The molecule has 2 rings (SSSR count). The number of aryl methyl sites for hydroxylation is 1. The van der Waals surface area contributed by atoms with E-state index in [1.165, 1.54) is 4.88 Å². The van der Waals surface area contributed by atoms with Crippen LogP contribution in [0.15, 0.2) is 24.0 Å². The van der Waals surface area contributed by atoms with Crippen molar-refractivity contribution in [3.63, 3.8) is 0 Å². The zero-order chi connectivity index (χ0) is 11.4. The van der Waals surface area contributed by atoms with Gasteiger partial charge in [-0.05, 0) is 13.3 Å². The smallest absolute Gasteiger partial charge is 0.124 e. The predicted octanol–water partition coefficient (Wildman–Crippen LogP) is 2.92. The van der Waals surface area contributed by atoms with Crippen LogP contribution in [-0.4, -0.2) is 14.8 Å². The van der Waals surface area contributed by atoms with Crippen LogP contribution in [0.3, 0.4) is 0 Å². The molecule has 0 aliphatic carbocycles. The summed E-state index contributed by atoms with van der Waals surface area (Å²) in [7, 11) is 0. The van der Waals surface area contributed by atoms with Crippen molar-refractivity contribution in [2.45, 2.75) is 32.9 Å². The van der Waals surface area contributed by atoms with Gasteiger partial charge in [0.1, 0.15) is 5.82 Å². The van der Waals surface area contributed by atoms with Crippen LogP contribution < -0.4 is 5.32 Å². The predicted molar refractivity (Wildman–Crippen MR) is 66.7 cm³/mol. The van der Waals surface area contributed by atoms with Gasteiger partial charge in [-0.15, -0.1) is 11.3 Å². The van der Waals surface area contributed by atoms with Crippen molar-refractivity contribution in [1.82, 2.24) is 14.8 Å². The first-order chi connectivity index (χ1) is 7.81. The number of aromatic nitrogens is 3. The molecule has 0 spiro atoms. The monoisotopic (exact) mass is 236 g/mol. The quantitative estimate of drug-likeness (QED) is 0.868. The second-order valence-corrected chi connectivity index (χ2v) is 4.63. The Hall–Kier alpha value is -1.36. The average molecular weight is 236 g/mol. The maximum atomic E-state index is 4.28. The van der Waals surface area contributed by atoms with E-state index >= 15 is 0 Å². The van der Waals surface area contributed by atoms with Gasteiger partial charge in [0.2, 0.25) is 0 Å². The molecule has 0 saturated heterocycles. The molecule has 1 N–H and O–H groups in total. The highest BCUT2D eigenvalue weighted by Crippen LogP contribution is 2.21. The second-order valence-electron chi connectivity index (χ2n) is 3.71. The van der Waals surface area contributed by atoms with Crippen LogP contribution in [-0.2, 0) is 6.54 Å². The number of nitrogens with one attached hydrogen (secondary N) is 1. The average Bonchev–Trinajstić information content (AvgIpc) is 2.90. The molecule has 0 bridgehead atoms. The topological polar surface area (TPSA) is 42.7 Å². The Bertz CT molecular complexity index is 421. The molecule has 0 radical (unpaired) electrons. The van der Waals surface area contributed by atoms with E-state index in [1.807, 2.05) is 28.7 Å². The number of hydrogen-bond donors (Lipinski definition) is 1. The molecule has 0 aliphatic rings. The van der Waals surface area contributed by atoms with Crippen molar-refractivity contribution in [2.75, 3.05) is 5.32 Å². The van der Waals surface area contributed by atoms with Crippen LogP contribution in [0.2, 0.25) is 0 Å². The molecule has 0 saturated carbocycles. The van der Waals surface area contributed by atoms with Gasteiger partial charge in [-0.2, -0.15) is 5.10 Å². The second kappa shape index (κ2) is 5.12. The molecule has 0 amide bonds. The van der Waals surface area contributed by atoms with Crippen LogP contribution in [0.5, 0.6) is 0 Å². The molecule has 5 heteroatoms. The number of anilines is 1. The molecule has 1 atom stereocenters. The summed E-state index contributed by atoms with van der Waals surface area (Å²) in [5, 5.41) is 7.73. The summed E-state index contributed by atoms with van der Waals surface area (Å²) >= 11 is 1.67. The van der Waals surface area contributed by atoms with Crippen LogP contribution in [0, 0.1) is 0 Å². The van der Waals surface area contributed by atoms with E-state index < -0.39 is 0 Å². The first-order valence-electron chi connectivity index (χ1n) is 5.48. The van der Waals surface area contributed by atoms with Gasteiger partial charge in [0.15, 0.2) is 0 Å². The summed E-state index contributed by atoms with van der Waals surface area (Å²) < 4.78 is 2.00. The maximum Gasteiger partial charge on any atom is 0.124 e. The summed E-state index contributed by atoms with van der Waals surface area (Å²) in [6, 6.07) is 2.28. The molecular formula is C11H16N4S. The molecule has 0 fully saturated rings. The largest absolute Gasteiger partial charge is 0.363 e. The van der Waals surface area contributed by atoms with Crippen LogP contribution in [0.4, 0.5) is 5.82 Å². The molecule has 0 aromatic carbocycles. The Balaban J connectivity index is 2.06. The third-order valence-electron chi connectivity index (χ3n) is 2.39. The van der Waals surface area contributed by atoms with Crippen molar-refractivity contribution in [2.24, 2.45) is 0 Å². The van der Waals surface area contributed by atoms with E-state index in [4.69, 9.17) is 0 Å². The van der Waals surface area contributed by atoms with Gasteiger partial charge in [0.05, 0.1) is 17.7 Å². The lowest BCUT2D eigenvalue weighted by atomic mass is 10.3. The van der Waals surface area contributed by atoms with Crippen molar-refractivity contribution in [3.8, 4) is 0 Å². The molecular weight excluding hydrogens is 220 g/mol. The van der Waals surface area contributed by atoms with Gasteiger partial charge in [-0.3, -0.25) is 4.98 Å². The lowest BCUT2D eigenvalue weighted by Gasteiger charge is -2.14. The van der Waals surface area contributed by atoms with Crippen LogP contribution in [0.25, 0.3) is 0 Å². The SMILES string of the molecule is CCCn1nccc1NC(C)c1cncs1. The molecule has 2 heterocycles. The van der Waals surface area contributed by atoms with Gasteiger partial charge in [-0.1, -0.05) is 6.92 Å². The zero-order valence-corrected chi connectivity index (χ0v) is 10.4. The fraction of sp³-hybridized carbons (Fsp3) is 0.455. The summed E-state index contributed by atoms with van der Waals surface area (Å²) in [6.45, 7) is 5.24. The number of thiazole rings is 1. The molecule has 86 valence electrons. The van der Waals surface area contributed by atoms with Gasteiger partial charge in [0, 0.05) is 23.7 Å². The van der Waals surface area contributed by atoms with Gasteiger partial charge in [-0.25, -0.2) is 4.68 Å². The van der Waals surface area contributed by atoms with Crippen LogP contribution in [0.1, 0.15) is 31.2 Å². The lowest BCUT2D eigenvalue weighted by molar-refractivity contribution is 0.604. The van der Waals surface area contributed by atoms with E-state index in [2.05, 4.69) is 29.2 Å². The summed E-state index contributed by atoms with van der Waals surface area (Å²) in [5.41, 5.74) is 1.86. The minimum Gasteiger partial charge on any atom is -0.363 e. The van der Waals surface area contributed by atoms with E-state index in [9.17, 15) is 0 Å². The summed E-state index contributed by atoms with van der Waals surface area (Å²) in [4.78, 5) is 5.33. The Labute approximate surface area is 99.3 Å². The van der Waals surface area contributed by atoms with E-state index in [-0.39, 0.29) is 6.04 Å². The fourth-order valence-corrected chi connectivity index (χ4v) is 2.21. The minimum atomic E-state index is 0.278. The molecule has 1 unspecified atom stereocenters. The molecule has 4 nitrogen and oxygen atoms in total. The highest BCUT2D eigenvalue weighted by atomic mass is 32.1. The fourth-order valence-electron chi connectivity index (χ4n) is 1.58. The van der Waals surface area contributed by atoms with Gasteiger partial charge >= 0.3 is 0 Å². The van der Waals surface area contributed by atoms with E-state index in [0.29, 0.717) is 0 Å². The Morgan fingerprint density at radius 3 is 3.12 bits per heavy atom. The van der Waals surface area contributed by atoms with Gasteiger partial charge < -0.3 is 5.32 Å². The molecule has 0 aliphatic heterocycles. The number of hydrogen-bond acceptors (Lipinski definition) is 4. The summed E-state index contributed by atoms with van der Waals surface area (Å²) in [5.74, 6) is 1.07. The van der Waals surface area contributed by atoms with Crippen molar-refractivity contribution in [3.05, 3.63) is 28.8 Å². The minimum absolute atomic E-state index is 0.278. The summed E-state index contributed by atoms with van der Waals surface area (Å²) in [6.07, 6.45) is 4.82. The highest BCUT2D eigenvalue weighted by Gasteiger charge is 2.09.